The van der Waals surface area contributed by atoms with Crippen LogP contribution < -0.4 is 5.73 Å². The largest absolute Gasteiger partial charge is 0.330 e. The van der Waals surface area contributed by atoms with Crippen molar-refractivity contribution in [2.45, 2.75) is 40.0 Å². The summed E-state index contributed by atoms with van der Waals surface area (Å²) in [6, 6.07) is 8.81. The second-order valence-corrected chi connectivity index (χ2v) is 5.62. The quantitative estimate of drug-likeness (QED) is 0.804. The van der Waals surface area contributed by atoms with Crippen molar-refractivity contribution >= 4 is 0 Å². The molecule has 0 bridgehead atoms. The normalized spacial score (nSPS) is 13.9. The molecule has 0 amide bonds. The van der Waals surface area contributed by atoms with Gasteiger partial charge in [-0.1, -0.05) is 52.0 Å². The van der Waals surface area contributed by atoms with E-state index in [2.05, 4.69) is 52.0 Å². The third-order valence-electron chi connectivity index (χ3n) is 2.61. The SMILES string of the molecule is CC(CN)c1cccc(CC(C)(C)C)c1. The Hall–Kier alpha value is -0.820. The second kappa shape index (κ2) is 4.80. The number of benzene rings is 1. The van der Waals surface area contributed by atoms with Gasteiger partial charge in [0.2, 0.25) is 0 Å². The summed E-state index contributed by atoms with van der Waals surface area (Å²) in [6.45, 7) is 9.71. The molecule has 2 N–H and O–H groups in total. The van der Waals surface area contributed by atoms with E-state index in [1.165, 1.54) is 11.1 Å². The van der Waals surface area contributed by atoms with E-state index < -0.39 is 0 Å². The highest BCUT2D eigenvalue weighted by Gasteiger charge is 2.12. The maximum atomic E-state index is 5.68. The average molecular weight is 205 g/mol. The van der Waals surface area contributed by atoms with Crippen LogP contribution in [0.25, 0.3) is 0 Å². The monoisotopic (exact) mass is 205 g/mol. The van der Waals surface area contributed by atoms with Crippen molar-refractivity contribution in [2.24, 2.45) is 11.1 Å². The molecule has 0 aliphatic rings. The highest BCUT2D eigenvalue weighted by molar-refractivity contribution is 5.27. The molecule has 0 radical (unpaired) electrons. The molecule has 0 aliphatic carbocycles. The first kappa shape index (κ1) is 12.3. The van der Waals surface area contributed by atoms with E-state index >= 15 is 0 Å². The minimum atomic E-state index is 0.352. The van der Waals surface area contributed by atoms with Crippen LogP contribution in [-0.2, 0) is 6.42 Å². The van der Waals surface area contributed by atoms with Crippen molar-refractivity contribution < 1.29 is 0 Å². The summed E-state index contributed by atoms with van der Waals surface area (Å²) in [6.07, 6.45) is 1.12. The van der Waals surface area contributed by atoms with Gasteiger partial charge in [0.15, 0.2) is 0 Å². The zero-order valence-electron chi connectivity index (χ0n) is 10.4. The number of hydrogen-bond acceptors (Lipinski definition) is 1. The Morgan fingerprint density at radius 2 is 1.93 bits per heavy atom. The van der Waals surface area contributed by atoms with Gasteiger partial charge in [0.05, 0.1) is 0 Å². The van der Waals surface area contributed by atoms with E-state index in [1.807, 2.05) is 0 Å². The smallest absolute Gasteiger partial charge is 0.00109 e. The van der Waals surface area contributed by atoms with Gasteiger partial charge in [0.1, 0.15) is 0 Å². The van der Waals surface area contributed by atoms with E-state index in [9.17, 15) is 0 Å². The second-order valence-electron chi connectivity index (χ2n) is 5.62. The Balaban J connectivity index is 2.83. The van der Waals surface area contributed by atoms with E-state index in [0.717, 1.165) is 13.0 Å². The van der Waals surface area contributed by atoms with Crippen LogP contribution in [0.5, 0.6) is 0 Å². The maximum Gasteiger partial charge on any atom is -0.00109 e. The third kappa shape index (κ3) is 4.05. The molecule has 0 heterocycles. The van der Waals surface area contributed by atoms with Crippen LogP contribution in [0.4, 0.5) is 0 Å². The van der Waals surface area contributed by atoms with E-state index in [4.69, 9.17) is 5.73 Å². The average Bonchev–Trinajstić information content (AvgIpc) is 2.14. The zero-order valence-corrected chi connectivity index (χ0v) is 10.4. The molecular formula is C14H23N. The zero-order chi connectivity index (χ0) is 11.5. The van der Waals surface area contributed by atoms with Gasteiger partial charge in [-0.3, -0.25) is 0 Å². The molecule has 1 aromatic carbocycles. The molecular weight excluding hydrogens is 182 g/mol. The minimum absolute atomic E-state index is 0.352. The van der Waals surface area contributed by atoms with Gasteiger partial charge in [-0.15, -0.1) is 0 Å². The fourth-order valence-corrected chi connectivity index (χ4v) is 1.76. The van der Waals surface area contributed by atoms with Gasteiger partial charge < -0.3 is 5.73 Å². The Morgan fingerprint density at radius 3 is 2.47 bits per heavy atom. The topological polar surface area (TPSA) is 26.0 Å². The van der Waals surface area contributed by atoms with E-state index in [0.29, 0.717) is 11.3 Å². The lowest BCUT2D eigenvalue weighted by Gasteiger charge is -2.19. The number of rotatable bonds is 3. The molecule has 1 aromatic rings. The fraction of sp³-hybridized carbons (Fsp3) is 0.571. The van der Waals surface area contributed by atoms with Crippen LogP contribution in [-0.4, -0.2) is 6.54 Å². The van der Waals surface area contributed by atoms with E-state index in [-0.39, 0.29) is 0 Å². The molecule has 0 aliphatic heterocycles. The van der Waals surface area contributed by atoms with Crippen molar-refractivity contribution in [1.29, 1.82) is 0 Å². The Bertz CT molecular complexity index is 309. The first-order valence-electron chi connectivity index (χ1n) is 5.71. The van der Waals surface area contributed by atoms with Crippen molar-refractivity contribution in [2.75, 3.05) is 6.54 Å². The van der Waals surface area contributed by atoms with Crippen molar-refractivity contribution in [3.05, 3.63) is 35.4 Å². The lowest BCUT2D eigenvalue weighted by atomic mass is 9.87. The predicted molar refractivity (Wildman–Crippen MR) is 67.1 cm³/mol. The summed E-state index contributed by atoms with van der Waals surface area (Å²) in [5.41, 5.74) is 8.81. The minimum Gasteiger partial charge on any atom is -0.330 e. The molecule has 0 fully saturated rings. The van der Waals surface area contributed by atoms with E-state index in [1.54, 1.807) is 0 Å². The molecule has 1 unspecified atom stereocenters. The fourth-order valence-electron chi connectivity index (χ4n) is 1.76. The standard InChI is InChI=1S/C14H23N/c1-11(10-15)13-7-5-6-12(8-13)9-14(2,3)4/h5-8,11H,9-10,15H2,1-4H3. The molecule has 84 valence electrons. The van der Waals surface area contributed by atoms with Gasteiger partial charge in [-0.05, 0) is 35.4 Å². The summed E-state index contributed by atoms with van der Waals surface area (Å²) in [7, 11) is 0. The molecule has 0 aromatic heterocycles. The first-order valence-corrected chi connectivity index (χ1v) is 5.71. The molecule has 0 spiro atoms. The van der Waals surface area contributed by atoms with Gasteiger partial charge in [0.25, 0.3) is 0 Å². The molecule has 15 heavy (non-hydrogen) atoms. The summed E-state index contributed by atoms with van der Waals surface area (Å²) in [5, 5.41) is 0. The van der Waals surface area contributed by atoms with Gasteiger partial charge in [-0.2, -0.15) is 0 Å². The van der Waals surface area contributed by atoms with Crippen molar-refractivity contribution in [3.63, 3.8) is 0 Å². The molecule has 0 saturated carbocycles. The van der Waals surface area contributed by atoms with Gasteiger partial charge in [0, 0.05) is 0 Å². The van der Waals surface area contributed by atoms with Crippen molar-refractivity contribution in [3.8, 4) is 0 Å². The van der Waals surface area contributed by atoms with Crippen LogP contribution >= 0.6 is 0 Å². The lowest BCUT2D eigenvalue weighted by molar-refractivity contribution is 0.411. The van der Waals surface area contributed by atoms with Gasteiger partial charge in [-0.25, -0.2) is 0 Å². The van der Waals surface area contributed by atoms with Crippen LogP contribution in [0.1, 0.15) is 44.7 Å². The molecule has 1 atom stereocenters. The van der Waals surface area contributed by atoms with Gasteiger partial charge >= 0.3 is 0 Å². The summed E-state index contributed by atoms with van der Waals surface area (Å²) < 4.78 is 0. The predicted octanol–water partition coefficient (Wildman–Crippen LogP) is 3.34. The molecule has 0 saturated heterocycles. The lowest BCUT2D eigenvalue weighted by Crippen LogP contribution is -2.11. The number of hydrogen-bond donors (Lipinski definition) is 1. The van der Waals surface area contributed by atoms with Crippen LogP contribution in [0.3, 0.4) is 0 Å². The summed E-state index contributed by atoms with van der Waals surface area (Å²) >= 11 is 0. The molecule has 1 nitrogen and oxygen atoms in total. The van der Waals surface area contributed by atoms with Crippen LogP contribution in [0.15, 0.2) is 24.3 Å². The van der Waals surface area contributed by atoms with Crippen molar-refractivity contribution in [1.82, 2.24) is 0 Å². The summed E-state index contributed by atoms with van der Waals surface area (Å²) in [5.74, 6) is 0.463. The Labute approximate surface area is 93.7 Å². The first-order chi connectivity index (χ1) is 6.92. The molecule has 1 heteroatoms. The Morgan fingerprint density at radius 1 is 1.27 bits per heavy atom. The van der Waals surface area contributed by atoms with Crippen LogP contribution in [0, 0.1) is 5.41 Å². The number of nitrogens with two attached hydrogens (primary N) is 1. The third-order valence-corrected chi connectivity index (χ3v) is 2.61. The maximum absolute atomic E-state index is 5.68. The van der Waals surface area contributed by atoms with Crippen LogP contribution in [0.2, 0.25) is 0 Å². The highest BCUT2D eigenvalue weighted by Crippen LogP contribution is 2.23. The molecule has 1 rings (SSSR count). The summed E-state index contributed by atoms with van der Waals surface area (Å²) in [4.78, 5) is 0. The highest BCUT2D eigenvalue weighted by atomic mass is 14.5. The Kier molecular flexibility index (Phi) is 3.92.